The molecule has 0 saturated heterocycles. The molecule has 1 aliphatic rings. The van der Waals surface area contributed by atoms with E-state index in [9.17, 15) is 4.79 Å². The van der Waals surface area contributed by atoms with E-state index in [0.717, 1.165) is 28.9 Å². The molecule has 0 unspecified atom stereocenters. The molecule has 27 heavy (non-hydrogen) atoms. The van der Waals surface area contributed by atoms with E-state index in [1.165, 1.54) is 12.5 Å². The van der Waals surface area contributed by atoms with Crippen LogP contribution in [0.2, 0.25) is 5.02 Å². The van der Waals surface area contributed by atoms with Crippen LogP contribution in [-0.2, 0) is 17.7 Å². The molecule has 0 fully saturated rings. The molecule has 7 nitrogen and oxygen atoms in total. The molecule has 138 valence electrons. The lowest BCUT2D eigenvalue weighted by atomic mass is 10.0. The normalized spacial score (nSPS) is 13.3. The molecule has 0 atom stereocenters. The molecule has 0 bridgehead atoms. The molecular formula is C19H18ClN5O2. The highest BCUT2D eigenvalue weighted by atomic mass is 35.5. The number of nitrogens with one attached hydrogen (secondary N) is 1. The Hall–Kier alpha value is -2.93. The maximum absolute atomic E-state index is 12.3. The van der Waals surface area contributed by atoms with Crippen molar-refractivity contribution in [3.8, 4) is 11.3 Å². The summed E-state index contributed by atoms with van der Waals surface area (Å²) in [5, 5.41) is 8.28. The van der Waals surface area contributed by atoms with Crippen LogP contribution in [0.3, 0.4) is 0 Å². The number of carbonyl (C=O) groups is 1. The van der Waals surface area contributed by atoms with Crippen LogP contribution in [0.25, 0.3) is 11.3 Å². The van der Waals surface area contributed by atoms with Crippen molar-refractivity contribution in [2.24, 2.45) is 0 Å². The molecule has 0 radical (unpaired) electrons. The van der Waals surface area contributed by atoms with E-state index in [4.69, 9.17) is 16.3 Å². The van der Waals surface area contributed by atoms with Gasteiger partial charge in [0.05, 0.1) is 12.3 Å². The molecule has 3 aromatic rings. The monoisotopic (exact) mass is 383 g/mol. The lowest BCUT2D eigenvalue weighted by molar-refractivity contribution is 0.0526. The van der Waals surface area contributed by atoms with Crippen molar-refractivity contribution in [1.82, 2.24) is 20.2 Å². The number of halogens is 1. The Balaban J connectivity index is 1.68. The summed E-state index contributed by atoms with van der Waals surface area (Å²) in [5.74, 6) is 0.161. The number of carbonyl (C=O) groups excluding carboxylic acids is 1. The minimum absolute atomic E-state index is 0.304. The summed E-state index contributed by atoms with van der Waals surface area (Å²) in [6, 6.07) is 7.62. The average Bonchev–Trinajstić information content (AvgIpc) is 3.11. The van der Waals surface area contributed by atoms with Gasteiger partial charge in [0.15, 0.2) is 0 Å². The van der Waals surface area contributed by atoms with Gasteiger partial charge in [-0.15, -0.1) is 0 Å². The Morgan fingerprint density at radius 1 is 1.41 bits per heavy atom. The van der Waals surface area contributed by atoms with Crippen molar-refractivity contribution >= 4 is 23.4 Å². The van der Waals surface area contributed by atoms with Crippen molar-refractivity contribution in [2.45, 2.75) is 19.9 Å². The Bertz CT molecular complexity index is 988. The third kappa shape index (κ3) is 3.38. The SMILES string of the molecule is CCOC(=O)c1cncnc1N1CCc2[nH]nc(-c3cccc(Cl)c3)c2C1. The molecule has 0 spiro atoms. The molecule has 1 aliphatic heterocycles. The average molecular weight is 384 g/mol. The zero-order valence-corrected chi connectivity index (χ0v) is 15.5. The fourth-order valence-electron chi connectivity index (χ4n) is 3.28. The van der Waals surface area contributed by atoms with Gasteiger partial charge in [0, 0.05) is 47.6 Å². The van der Waals surface area contributed by atoms with Gasteiger partial charge in [-0.1, -0.05) is 23.7 Å². The molecule has 8 heteroatoms. The smallest absolute Gasteiger partial charge is 0.343 e. The summed E-state index contributed by atoms with van der Waals surface area (Å²) in [6.07, 6.45) is 3.72. The number of esters is 1. The number of hydrogen-bond acceptors (Lipinski definition) is 6. The van der Waals surface area contributed by atoms with Gasteiger partial charge in [-0.25, -0.2) is 14.8 Å². The maximum atomic E-state index is 12.3. The lowest BCUT2D eigenvalue weighted by Gasteiger charge is -2.29. The predicted octanol–water partition coefficient (Wildman–Crippen LogP) is 3.26. The van der Waals surface area contributed by atoms with Gasteiger partial charge in [0.1, 0.15) is 17.7 Å². The van der Waals surface area contributed by atoms with E-state index >= 15 is 0 Å². The minimum Gasteiger partial charge on any atom is -0.462 e. The van der Waals surface area contributed by atoms with Crippen molar-refractivity contribution in [2.75, 3.05) is 18.1 Å². The van der Waals surface area contributed by atoms with E-state index < -0.39 is 5.97 Å². The van der Waals surface area contributed by atoms with Crippen molar-refractivity contribution < 1.29 is 9.53 Å². The second-order valence-corrected chi connectivity index (χ2v) is 6.63. The summed E-state index contributed by atoms with van der Waals surface area (Å²) < 4.78 is 5.14. The number of aromatic nitrogens is 4. The van der Waals surface area contributed by atoms with Gasteiger partial charge in [-0.2, -0.15) is 5.10 Å². The molecule has 1 aromatic carbocycles. The van der Waals surface area contributed by atoms with Crippen LogP contribution in [0.1, 0.15) is 28.5 Å². The molecule has 0 aliphatic carbocycles. The number of ether oxygens (including phenoxy) is 1. The lowest BCUT2D eigenvalue weighted by Crippen LogP contribution is -2.32. The maximum Gasteiger partial charge on any atom is 0.343 e. The largest absolute Gasteiger partial charge is 0.462 e. The standard InChI is InChI=1S/C19H18ClN5O2/c1-2-27-19(26)14-9-21-11-22-18(14)25-7-6-16-15(10-25)17(24-23-16)12-4-3-5-13(20)8-12/h3-5,8-9,11H,2,6-7,10H2,1H3,(H,23,24). The third-order valence-electron chi connectivity index (χ3n) is 4.52. The van der Waals surface area contributed by atoms with Crippen LogP contribution in [0.5, 0.6) is 0 Å². The zero-order valence-electron chi connectivity index (χ0n) is 14.8. The van der Waals surface area contributed by atoms with Crippen LogP contribution < -0.4 is 4.90 Å². The van der Waals surface area contributed by atoms with Crippen LogP contribution >= 0.6 is 11.6 Å². The van der Waals surface area contributed by atoms with Gasteiger partial charge in [-0.05, 0) is 19.1 Å². The van der Waals surface area contributed by atoms with Crippen LogP contribution in [0, 0.1) is 0 Å². The van der Waals surface area contributed by atoms with Gasteiger partial charge in [0.25, 0.3) is 0 Å². The molecular weight excluding hydrogens is 366 g/mol. The first-order valence-corrected chi connectivity index (χ1v) is 9.09. The Labute approximate surface area is 161 Å². The summed E-state index contributed by atoms with van der Waals surface area (Å²) >= 11 is 6.14. The number of anilines is 1. The highest BCUT2D eigenvalue weighted by Crippen LogP contribution is 2.32. The third-order valence-corrected chi connectivity index (χ3v) is 4.75. The minimum atomic E-state index is -0.416. The number of rotatable bonds is 4. The topological polar surface area (TPSA) is 84.0 Å². The Morgan fingerprint density at radius 2 is 2.30 bits per heavy atom. The molecule has 0 amide bonds. The first kappa shape index (κ1) is 17.5. The first-order chi connectivity index (χ1) is 13.2. The van der Waals surface area contributed by atoms with Crippen LogP contribution in [-0.4, -0.2) is 39.3 Å². The zero-order chi connectivity index (χ0) is 18.8. The Kier molecular flexibility index (Phi) is 4.77. The van der Waals surface area contributed by atoms with Crippen LogP contribution in [0.15, 0.2) is 36.8 Å². The van der Waals surface area contributed by atoms with Gasteiger partial charge < -0.3 is 9.64 Å². The predicted molar refractivity (Wildman–Crippen MR) is 102 cm³/mol. The second kappa shape index (κ2) is 7.36. The van der Waals surface area contributed by atoms with Crippen LogP contribution in [0.4, 0.5) is 5.82 Å². The number of H-pyrrole nitrogens is 1. The van der Waals surface area contributed by atoms with Crippen molar-refractivity contribution in [3.63, 3.8) is 0 Å². The van der Waals surface area contributed by atoms with E-state index in [0.29, 0.717) is 36.1 Å². The number of fused-ring (bicyclic) bond motifs is 1. The summed E-state index contributed by atoms with van der Waals surface area (Å²) in [4.78, 5) is 22.6. The van der Waals surface area contributed by atoms with Crippen molar-refractivity contribution in [1.29, 1.82) is 0 Å². The van der Waals surface area contributed by atoms with E-state index in [1.807, 2.05) is 24.3 Å². The molecule has 2 aromatic heterocycles. The van der Waals surface area contributed by atoms with E-state index in [2.05, 4.69) is 25.1 Å². The first-order valence-electron chi connectivity index (χ1n) is 8.71. The fraction of sp³-hybridized carbons (Fsp3) is 0.263. The second-order valence-electron chi connectivity index (χ2n) is 6.19. The quantitative estimate of drug-likeness (QED) is 0.696. The van der Waals surface area contributed by atoms with Crippen molar-refractivity contribution in [3.05, 3.63) is 58.6 Å². The van der Waals surface area contributed by atoms with E-state index in [-0.39, 0.29) is 0 Å². The molecule has 1 N–H and O–H groups in total. The number of aromatic amines is 1. The highest BCUT2D eigenvalue weighted by molar-refractivity contribution is 6.30. The summed E-state index contributed by atoms with van der Waals surface area (Å²) in [7, 11) is 0. The molecule has 3 heterocycles. The Morgan fingerprint density at radius 3 is 3.11 bits per heavy atom. The molecule has 0 saturated carbocycles. The number of nitrogens with zero attached hydrogens (tertiary/aromatic N) is 4. The number of hydrogen-bond donors (Lipinski definition) is 1. The van der Waals surface area contributed by atoms with Gasteiger partial charge in [0.2, 0.25) is 0 Å². The van der Waals surface area contributed by atoms with Gasteiger partial charge >= 0.3 is 5.97 Å². The summed E-state index contributed by atoms with van der Waals surface area (Å²) in [5.41, 5.74) is 4.36. The molecule has 4 rings (SSSR count). The number of benzene rings is 1. The summed E-state index contributed by atoms with van der Waals surface area (Å²) in [6.45, 7) is 3.37. The van der Waals surface area contributed by atoms with Gasteiger partial charge in [-0.3, -0.25) is 5.10 Å². The fourth-order valence-corrected chi connectivity index (χ4v) is 3.47. The van der Waals surface area contributed by atoms with E-state index in [1.54, 1.807) is 6.92 Å². The highest BCUT2D eigenvalue weighted by Gasteiger charge is 2.27.